The summed E-state index contributed by atoms with van der Waals surface area (Å²) >= 11 is 0. The predicted molar refractivity (Wildman–Crippen MR) is 106 cm³/mol. The van der Waals surface area contributed by atoms with Crippen LogP contribution in [0.3, 0.4) is 0 Å². The van der Waals surface area contributed by atoms with Crippen LogP contribution < -0.4 is 0 Å². The van der Waals surface area contributed by atoms with E-state index in [1.807, 2.05) is 27.7 Å². The third-order valence-corrected chi connectivity index (χ3v) is 4.57. The van der Waals surface area contributed by atoms with Crippen LogP contribution in [0.25, 0.3) is 0 Å². The summed E-state index contributed by atoms with van der Waals surface area (Å²) in [5.74, 6) is -1.92. The van der Waals surface area contributed by atoms with Gasteiger partial charge in [-0.25, -0.2) is 9.59 Å². The van der Waals surface area contributed by atoms with E-state index in [9.17, 15) is 22.8 Å². The smallest absolute Gasteiger partial charge is 0.416 e. The van der Waals surface area contributed by atoms with E-state index in [1.54, 1.807) is 5.01 Å². The van der Waals surface area contributed by atoms with Crippen molar-refractivity contribution in [1.82, 2.24) is 5.01 Å². The number of carbonyl (C=O) groups is 2. The van der Waals surface area contributed by atoms with E-state index in [4.69, 9.17) is 14.2 Å². The maximum absolute atomic E-state index is 12.9. The quantitative estimate of drug-likeness (QED) is 0.492. The van der Waals surface area contributed by atoms with Gasteiger partial charge in [0.05, 0.1) is 19.8 Å². The summed E-state index contributed by atoms with van der Waals surface area (Å²) in [6.07, 6.45) is -5.71. The SMILES string of the molecule is COC(=O)C1=C(C(=O)OC)C(c2ccc(C(F)(F)F)cc2)O/C1=N\N(C(C)C)C(C)C. The number of halogens is 3. The molecule has 1 aromatic carbocycles. The Morgan fingerprint density at radius 3 is 1.94 bits per heavy atom. The number of alkyl halides is 3. The van der Waals surface area contributed by atoms with Crippen LogP contribution in [0, 0.1) is 0 Å². The Labute approximate surface area is 178 Å². The fraction of sp³-hybridized carbons (Fsp3) is 0.476. The number of hydrogen-bond acceptors (Lipinski definition) is 7. The Balaban J connectivity index is 2.65. The molecule has 0 N–H and O–H groups in total. The molecule has 1 atom stereocenters. The fourth-order valence-electron chi connectivity index (χ4n) is 3.18. The number of hydrazone groups is 1. The molecular weight excluding hydrogens is 417 g/mol. The maximum atomic E-state index is 12.9. The molecule has 2 rings (SSSR count). The first-order valence-electron chi connectivity index (χ1n) is 9.54. The zero-order valence-electron chi connectivity index (χ0n) is 18.1. The lowest BCUT2D eigenvalue weighted by molar-refractivity contribution is -0.139. The highest BCUT2D eigenvalue weighted by atomic mass is 19.4. The van der Waals surface area contributed by atoms with Gasteiger partial charge >= 0.3 is 18.1 Å². The minimum atomic E-state index is -4.52. The van der Waals surface area contributed by atoms with Crippen molar-refractivity contribution in [2.24, 2.45) is 5.10 Å². The summed E-state index contributed by atoms with van der Waals surface area (Å²) < 4.78 is 54.2. The van der Waals surface area contributed by atoms with E-state index >= 15 is 0 Å². The summed E-state index contributed by atoms with van der Waals surface area (Å²) in [7, 11) is 2.26. The van der Waals surface area contributed by atoms with E-state index in [1.165, 1.54) is 12.1 Å². The van der Waals surface area contributed by atoms with Gasteiger partial charge in [-0.05, 0) is 45.4 Å². The van der Waals surface area contributed by atoms with Crippen LogP contribution in [0.4, 0.5) is 13.2 Å². The summed E-state index contributed by atoms with van der Waals surface area (Å²) in [5, 5.41) is 6.07. The molecule has 1 aliphatic heterocycles. The van der Waals surface area contributed by atoms with Gasteiger partial charge in [-0.2, -0.15) is 13.2 Å². The second kappa shape index (κ2) is 9.40. The Morgan fingerprint density at radius 2 is 1.52 bits per heavy atom. The van der Waals surface area contributed by atoms with Crippen molar-refractivity contribution in [3.63, 3.8) is 0 Å². The van der Waals surface area contributed by atoms with Crippen molar-refractivity contribution >= 4 is 17.8 Å². The number of benzene rings is 1. The molecule has 0 aliphatic carbocycles. The van der Waals surface area contributed by atoms with Gasteiger partial charge in [0.2, 0.25) is 5.90 Å². The molecule has 10 heteroatoms. The minimum absolute atomic E-state index is 0.0679. The zero-order valence-corrected chi connectivity index (χ0v) is 18.1. The van der Waals surface area contributed by atoms with Crippen molar-refractivity contribution in [2.45, 2.75) is 52.1 Å². The highest BCUT2D eigenvalue weighted by Gasteiger charge is 2.43. The van der Waals surface area contributed by atoms with Gasteiger partial charge in [0.1, 0.15) is 11.1 Å². The second-order valence-corrected chi connectivity index (χ2v) is 7.36. The van der Waals surface area contributed by atoms with Gasteiger partial charge in [-0.1, -0.05) is 12.1 Å². The lowest BCUT2D eigenvalue weighted by Crippen LogP contribution is -2.34. The highest BCUT2D eigenvalue weighted by Crippen LogP contribution is 2.39. The summed E-state index contributed by atoms with van der Waals surface area (Å²) in [6.45, 7) is 7.54. The largest absolute Gasteiger partial charge is 0.466 e. The molecule has 7 nitrogen and oxygen atoms in total. The Kier molecular flexibility index (Phi) is 7.35. The molecule has 0 radical (unpaired) electrons. The van der Waals surface area contributed by atoms with Crippen molar-refractivity contribution in [1.29, 1.82) is 0 Å². The van der Waals surface area contributed by atoms with Gasteiger partial charge in [0.15, 0.2) is 6.10 Å². The average molecular weight is 442 g/mol. The van der Waals surface area contributed by atoms with E-state index in [0.29, 0.717) is 0 Å². The van der Waals surface area contributed by atoms with Crippen molar-refractivity contribution < 1.29 is 37.0 Å². The molecule has 0 bridgehead atoms. The standard InChI is InChI=1S/C21H25F3N2O5/c1-11(2)26(12(3)4)25-18-16(20(28)30-6)15(19(27)29-5)17(31-18)13-7-9-14(10-8-13)21(22,23)24/h7-12,17H,1-6H3/b25-18-. The van der Waals surface area contributed by atoms with Gasteiger partial charge in [0, 0.05) is 12.1 Å². The number of hydrogen-bond donors (Lipinski definition) is 0. The third-order valence-electron chi connectivity index (χ3n) is 4.57. The maximum Gasteiger partial charge on any atom is 0.416 e. The average Bonchev–Trinajstić information content (AvgIpc) is 3.09. The van der Waals surface area contributed by atoms with Crippen molar-refractivity contribution in [2.75, 3.05) is 14.2 Å². The van der Waals surface area contributed by atoms with Crippen LogP contribution in [0.5, 0.6) is 0 Å². The van der Waals surface area contributed by atoms with Gasteiger partial charge in [-0.15, -0.1) is 5.10 Å². The normalized spacial score (nSPS) is 17.9. The number of ether oxygens (including phenoxy) is 3. The molecule has 0 amide bonds. The number of nitrogens with zero attached hydrogens (tertiary/aromatic N) is 2. The molecular formula is C21H25F3N2O5. The summed E-state index contributed by atoms with van der Waals surface area (Å²) in [6, 6.07) is 3.96. The molecule has 170 valence electrons. The van der Waals surface area contributed by atoms with Gasteiger partial charge < -0.3 is 14.2 Å². The lowest BCUT2D eigenvalue weighted by atomic mass is 9.98. The summed E-state index contributed by atoms with van der Waals surface area (Å²) in [4.78, 5) is 25.1. The van der Waals surface area contributed by atoms with Crippen molar-refractivity contribution in [3.8, 4) is 0 Å². The molecule has 1 heterocycles. The molecule has 0 aromatic heterocycles. The lowest BCUT2D eigenvalue weighted by Gasteiger charge is -2.28. The van der Waals surface area contributed by atoms with Crippen molar-refractivity contribution in [3.05, 3.63) is 46.5 Å². The number of esters is 2. The van der Waals surface area contributed by atoms with Crippen LogP contribution in [0.1, 0.15) is 44.9 Å². The van der Waals surface area contributed by atoms with Crippen LogP contribution in [0.2, 0.25) is 0 Å². The van der Waals surface area contributed by atoms with Gasteiger partial charge in [0.25, 0.3) is 0 Å². The third kappa shape index (κ3) is 5.18. The molecule has 0 saturated heterocycles. The van der Waals surface area contributed by atoms with Crippen LogP contribution in [-0.4, -0.2) is 49.1 Å². The summed E-state index contributed by atoms with van der Waals surface area (Å²) in [5.41, 5.74) is -1.06. The molecule has 0 spiro atoms. The first-order valence-corrected chi connectivity index (χ1v) is 9.54. The number of methoxy groups -OCH3 is 2. The molecule has 0 fully saturated rings. The molecule has 1 aromatic rings. The Bertz CT molecular complexity index is 881. The van der Waals surface area contributed by atoms with Crippen LogP contribution >= 0.6 is 0 Å². The topological polar surface area (TPSA) is 77.4 Å². The molecule has 1 unspecified atom stereocenters. The van der Waals surface area contributed by atoms with Gasteiger partial charge in [-0.3, -0.25) is 5.01 Å². The molecule has 1 aliphatic rings. The minimum Gasteiger partial charge on any atom is -0.466 e. The van der Waals surface area contributed by atoms with Crippen LogP contribution in [0.15, 0.2) is 40.5 Å². The van der Waals surface area contributed by atoms with E-state index < -0.39 is 29.8 Å². The zero-order chi connectivity index (χ0) is 23.5. The second-order valence-electron chi connectivity index (χ2n) is 7.36. The predicted octanol–water partition coefficient (Wildman–Crippen LogP) is 3.85. The Morgan fingerprint density at radius 1 is 1.00 bits per heavy atom. The molecule has 31 heavy (non-hydrogen) atoms. The van der Waals surface area contributed by atoms with E-state index in [2.05, 4.69) is 5.10 Å². The Hall–Kier alpha value is -3.04. The number of carbonyl (C=O) groups excluding carboxylic acids is 2. The first-order chi connectivity index (χ1) is 14.4. The fourth-order valence-corrected chi connectivity index (χ4v) is 3.18. The monoisotopic (exact) mass is 442 g/mol. The number of rotatable bonds is 6. The van der Waals surface area contributed by atoms with E-state index in [0.717, 1.165) is 26.4 Å². The molecule has 0 saturated carbocycles. The first kappa shape index (κ1) is 24.2. The highest BCUT2D eigenvalue weighted by molar-refractivity contribution is 6.23. The van der Waals surface area contributed by atoms with Crippen LogP contribution in [-0.2, 0) is 30.0 Å². The van der Waals surface area contributed by atoms with E-state index in [-0.39, 0.29) is 34.7 Å².